The summed E-state index contributed by atoms with van der Waals surface area (Å²) in [4.78, 5) is 33.2. The molecule has 0 saturated carbocycles. The van der Waals surface area contributed by atoms with Crippen molar-refractivity contribution in [3.63, 3.8) is 0 Å². The fourth-order valence-electron chi connectivity index (χ4n) is 4.20. The Morgan fingerprint density at radius 2 is 1.74 bits per heavy atom. The number of aromatic amines is 1. The number of nitrogens with one attached hydrogen (secondary N) is 1. The average Bonchev–Trinajstić information content (AvgIpc) is 3.26. The number of H-pyrrole nitrogens is 1. The van der Waals surface area contributed by atoms with Crippen molar-refractivity contribution in [1.29, 1.82) is 0 Å². The maximum atomic E-state index is 13.5. The summed E-state index contributed by atoms with van der Waals surface area (Å²) in [6, 6.07) is 15.9. The Kier molecular flexibility index (Phi) is 9.14. The number of ether oxygens (including phenoxy) is 1. The highest BCUT2D eigenvalue weighted by Gasteiger charge is 2.24. The SMILES string of the molecule is CCCCC(=O)N(CC(=O)N(CCc1c[nH]c2ccccc12)Cc1ccccc1OC)C(C)C. The first-order valence-corrected chi connectivity index (χ1v) is 12.2. The van der Waals surface area contributed by atoms with Gasteiger partial charge in [0, 0.05) is 48.2 Å². The van der Waals surface area contributed by atoms with Gasteiger partial charge < -0.3 is 19.5 Å². The zero-order chi connectivity index (χ0) is 24.5. The molecule has 0 unspecified atom stereocenters. The minimum Gasteiger partial charge on any atom is -0.496 e. The zero-order valence-electron chi connectivity index (χ0n) is 20.8. The van der Waals surface area contributed by atoms with Gasteiger partial charge in [-0.25, -0.2) is 0 Å². The number of benzene rings is 2. The molecule has 6 heteroatoms. The lowest BCUT2D eigenvalue weighted by molar-refractivity contribution is -0.142. The van der Waals surface area contributed by atoms with E-state index in [4.69, 9.17) is 4.74 Å². The van der Waals surface area contributed by atoms with Crippen LogP contribution in [0.1, 0.15) is 51.2 Å². The van der Waals surface area contributed by atoms with Gasteiger partial charge in [0.2, 0.25) is 11.8 Å². The van der Waals surface area contributed by atoms with Gasteiger partial charge in [-0.05, 0) is 44.4 Å². The number of fused-ring (bicyclic) bond motifs is 1. The monoisotopic (exact) mass is 463 g/mol. The van der Waals surface area contributed by atoms with E-state index in [1.807, 2.05) is 61.3 Å². The van der Waals surface area contributed by atoms with Crippen LogP contribution in [0.3, 0.4) is 0 Å². The molecule has 34 heavy (non-hydrogen) atoms. The van der Waals surface area contributed by atoms with Gasteiger partial charge in [0.25, 0.3) is 0 Å². The molecule has 0 fully saturated rings. The molecule has 6 nitrogen and oxygen atoms in total. The van der Waals surface area contributed by atoms with Gasteiger partial charge >= 0.3 is 0 Å². The quantitative estimate of drug-likeness (QED) is 0.403. The summed E-state index contributed by atoms with van der Waals surface area (Å²) in [7, 11) is 1.64. The Labute approximate surface area is 202 Å². The zero-order valence-corrected chi connectivity index (χ0v) is 20.8. The molecule has 0 aliphatic rings. The number of aromatic nitrogens is 1. The van der Waals surface area contributed by atoms with Gasteiger partial charge in [0.15, 0.2) is 0 Å². The molecular weight excluding hydrogens is 426 g/mol. The van der Waals surface area contributed by atoms with E-state index >= 15 is 0 Å². The molecule has 0 atom stereocenters. The number of para-hydroxylation sites is 2. The molecule has 3 rings (SSSR count). The fourth-order valence-corrected chi connectivity index (χ4v) is 4.20. The van der Waals surface area contributed by atoms with Crippen molar-refractivity contribution in [1.82, 2.24) is 14.8 Å². The van der Waals surface area contributed by atoms with Crippen molar-refractivity contribution in [3.05, 3.63) is 65.9 Å². The number of hydrogen-bond acceptors (Lipinski definition) is 3. The number of carbonyl (C=O) groups excluding carboxylic acids is 2. The second-order valence-corrected chi connectivity index (χ2v) is 8.96. The predicted octanol–water partition coefficient (Wildman–Crippen LogP) is 5.18. The molecule has 0 spiro atoms. The highest BCUT2D eigenvalue weighted by molar-refractivity contribution is 5.85. The summed E-state index contributed by atoms with van der Waals surface area (Å²) in [5.41, 5.74) is 3.21. The van der Waals surface area contributed by atoms with Crippen LogP contribution in [0.4, 0.5) is 0 Å². The third kappa shape index (κ3) is 6.40. The summed E-state index contributed by atoms with van der Waals surface area (Å²) in [5.74, 6) is 0.746. The van der Waals surface area contributed by atoms with Crippen LogP contribution in [-0.4, -0.2) is 52.8 Å². The Bertz CT molecular complexity index is 1090. The number of carbonyl (C=O) groups is 2. The number of methoxy groups -OCH3 is 1. The number of unbranched alkanes of at least 4 members (excludes halogenated alkanes) is 1. The molecule has 0 radical (unpaired) electrons. The van der Waals surface area contributed by atoms with E-state index in [2.05, 4.69) is 24.0 Å². The molecular formula is C28H37N3O3. The summed E-state index contributed by atoms with van der Waals surface area (Å²) >= 11 is 0. The summed E-state index contributed by atoms with van der Waals surface area (Å²) < 4.78 is 5.53. The lowest BCUT2D eigenvalue weighted by atomic mass is 10.1. The van der Waals surface area contributed by atoms with Gasteiger partial charge in [-0.2, -0.15) is 0 Å². The molecule has 3 aromatic rings. The molecule has 1 heterocycles. The maximum absolute atomic E-state index is 13.5. The van der Waals surface area contributed by atoms with E-state index in [0.29, 0.717) is 19.5 Å². The minimum absolute atomic E-state index is 0.0324. The second-order valence-electron chi connectivity index (χ2n) is 8.96. The molecule has 182 valence electrons. The Morgan fingerprint density at radius 1 is 1.00 bits per heavy atom. The van der Waals surface area contributed by atoms with Gasteiger partial charge in [-0.15, -0.1) is 0 Å². The van der Waals surface area contributed by atoms with Gasteiger partial charge in [0.1, 0.15) is 5.75 Å². The van der Waals surface area contributed by atoms with Gasteiger partial charge in [0.05, 0.1) is 13.7 Å². The normalized spacial score (nSPS) is 11.1. The highest BCUT2D eigenvalue weighted by atomic mass is 16.5. The minimum atomic E-state index is -0.0516. The van der Waals surface area contributed by atoms with Crippen LogP contribution in [0, 0.1) is 0 Å². The molecule has 0 aliphatic carbocycles. The molecule has 0 saturated heterocycles. The number of hydrogen-bond donors (Lipinski definition) is 1. The van der Waals surface area contributed by atoms with Crippen LogP contribution >= 0.6 is 0 Å². The van der Waals surface area contributed by atoms with Crippen molar-refractivity contribution >= 4 is 22.7 Å². The van der Waals surface area contributed by atoms with Crippen LogP contribution in [0.15, 0.2) is 54.7 Å². The predicted molar refractivity (Wildman–Crippen MR) is 137 cm³/mol. The Morgan fingerprint density at radius 3 is 2.47 bits per heavy atom. The van der Waals surface area contributed by atoms with Crippen LogP contribution in [0.25, 0.3) is 10.9 Å². The molecule has 0 aliphatic heterocycles. The van der Waals surface area contributed by atoms with Crippen LogP contribution in [0.5, 0.6) is 5.75 Å². The van der Waals surface area contributed by atoms with Gasteiger partial charge in [-0.3, -0.25) is 9.59 Å². The van der Waals surface area contributed by atoms with Crippen molar-refractivity contribution in [2.45, 2.75) is 59.0 Å². The molecule has 2 amide bonds. The van der Waals surface area contributed by atoms with E-state index < -0.39 is 0 Å². The maximum Gasteiger partial charge on any atom is 0.242 e. The smallest absolute Gasteiger partial charge is 0.242 e. The first kappa shape index (κ1) is 25.3. The van der Waals surface area contributed by atoms with Crippen molar-refractivity contribution < 1.29 is 14.3 Å². The van der Waals surface area contributed by atoms with Crippen molar-refractivity contribution in [3.8, 4) is 5.75 Å². The number of nitrogens with zero attached hydrogens (tertiary/aromatic N) is 2. The Balaban J connectivity index is 1.81. The summed E-state index contributed by atoms with van der Waals surface area (Å²) in [6.07, 6.45) is 5.00. The fraction of sp³-hybridized carbons (Fsp3) is 0.429. The lowest BCUT2D eigenvalue weighted by Gasteiger charge is -2.30. The van der Waals surface area contributed by atoms with Crippen LogP contribution in [-0.2, 0) is 22.6 Å². The largest absolute Gasteiger partial charge is 0.496 e. The first-order valence-electron chi connectivity index (χ1n) is 12.2. The number of amides is 2. The third-order valence-corrected chi connectivity index (χ3v) is 6.23. The van der Waals surface area contributed by atoms with E-state index in [-0.39, 0.29) is 24.4 Å². The van der Waals surface area contributed by atoms with E-state index in [0.717, 1.165) is 36.1 Å². The third-order valence-electron chi connectivity index (χ3n) is 6.23. The number of rotatable bonds is 12. The second kappa shape index (κ2) is 12.3. The van der Waals surface area contributed by atoms with E-state index in [9.17, 15) is 9.59 Å². The Hall–Kier alpha value is -3.28. The van der Waals surface area contributed by atoms with Crippen molar-refractivity contribution in [2.24, 2.45) is 0 Å². The van der Waals surface area contributed by atoms with Crippen LogP contribution in [0.2, 0.25) is 0 Å². The summed E-state index contributed by atoms with van der Waals surface area (Å²) in [6.45, 7) is 7.07. The van der Waals surface area contributed by atoms with Crippen LogP contribution < -0.4 is 4.74 Å². The highest BCUT2D eigenvalue weighted by Crippen LogP contribution is 2.22. The van der Waals surface area contributed by atoms with E-state index in [1.54, 1.807) is 12.0 Å². The van der Waals surface area contributed by atoms with Crippen molar-refractivity contribution in [2.75, 3.05) is 20.2 Å². The topological polar surface area (TPSA) is 65.6 Å². The molecule has 1 aromatic heterocycles. The summed E-state index contributed by atoms with van der Waals surface area (Å²) in [5, 5.41) is 1.17. The van der Waals surface area contributed by atoms with E-state index in [1.165, 1.54) is 10.9 Å². The van der Waals surface area contributed by atoms with Gasteiger partial charge in [-0.1, -0.05) is 49.7 Å². The lowest BCUT2D eigenvalue weighted by Crippen LogP contribution is -2.46. The molecule has 1 N–H and O–H groups in total. The first-order chi connectivity index (χ1) is 16.4. The molecule has 2 aromatic carbocycles. The standard InChI is InChI=1S/C28H37N3O3/c1-5-6-15-27(32)31(21(2)3)20-28(33)30(19-23-11-7-10-14-26(23)34-4)17-16-22-18-29-25-13-9-8-12-24(22)25/h7-14,18,21,29H,5-6,15-17,19-20H2,1-4H3. The average molecular weight is 464 g/mol. The molecule has 0 bridgehead atoms.